The molecule has 2 saturated heterocycles. The fourth-order valence-electron chi connectivity index (χ4n) is 5.30. The quantitative estimate of drug-likeness (QED) is 0.0838. The third kappa shape index (κ3) is 16.0. The summed E-state index contributed by atoms with van der Waals surface area (Å²) in [6.45, 7) is 3.94. The third-order valence-corrected chi connectivity index (χ3v) is 8.08. The molecule has 1 N–H and O–H groups in total. The predicted molar refractivity (Wildman–Crippen MR) is 218 cm³/mol. The van der Waals surface area contributed by atoms with E-state index in [2.05, 4.69) is 47.3 Å². The van der Waals surface area contributed by atoms with Crippen LogP contribution >= 0.6 is 37.2 Å². The number of carbonyl (C=O) groups is 7. The molecule has 2 fully saturated rings. The zero-order chi connectivity index (χ0) is 42.5. The largest absolute Gasteiger partial charge is 0.446 e. The molecule has 57 heavy (non-hydrogen) atoms. The van der Waals surface area contributed by atoms with Gasteiger partial charge in [-0.2, -0.15) is 0 Å². The van der Waals surface area contributed by atoms with Gasteiger partial charge in [0.05, 0.1) is 13.2 Å². The average Bonchev–Trinajstić information content (AvgIpc) is 3.59. The summed E-state index contributed by atoms with van der Waals surface area (Å²) in [5.41, 5.74) is 2.08. The van der Waals surface area contributed by atoms with Gasteiger partial charge in [-0.1, -0.05) is 54.6 Å². The van der Waals surface area contributed by atoms with Crippen molar-refractivity contribution >= 4 is 85.0 Å². The maximum atomic E-state index is 13.0. The molecular formula is C39H41F2I3N3O10-. The Morgan fingerprint density at radius 2 is 1.44 bits per heavy atom. The summed E-state index contributed by atoms with van der Waals surface area (Å²) in [7, 11) is 2.82. The van der Waals surface area contributed by atoms with Gasteiger partial charge in [0.1, 0.15) is 36.6 Å². The van der Waals surface area contributed by atoms with Crippen molar-refractivity contribution in [2.75, 3.05) is 33.9 Å². The Morgan fingerprint density at radius 1 is 0.877 bits per heavy atom. The summed E-state index contributed by atoms with van der Waals surface area (Å²) in [5.74, 6) is -5.34. The van der Waals surface area contributed by atoms with Gasteiger partial charge < -0.3 is 19.5 Å². The summed E-state index contributed by atoms with van der Waals surface area (Å²) < 4.78 is 40.3. The number of carbonyl (C=O) groups excluding carboxylic acids is 7. The summed E-state index contributed by atoms with van der Waals surface area (Å²) in [5, 5.41) is 2.31. The first-order valence-corrected chi connectivity index (χ1v) is 29.7. The van der Waals surface area contributed by atoms with Crippen molar-refractivity contribution < 1.29 is 69.8 Å². The second-order valence-electron chi connectivity index (χ2n) is 11.7. The van der Waals surface area contributed by atoms with Crippen LogP contribution in [0.1, 0.15) is 55.3 Å². The first-order valence-electron chi connectivity index (χ1n) is 17.2. The standard InChI is InChI=1S/C18H14FNO3.C15H16FNO4.C6H11NO3.I3/c19-15-9-6-13(7-10-15)8-11-17(21)20-16(12-23-18(20)22)14-4-2-1-3-5-14;1-3-21-15(20)13-11(8-12(18)17(2)14(13)19)9-4-6-10(16)7-5-9;1-3-10-6(9)4-5(8)7-2;1-3-2/h1-11,16H,12H2;4-7,11,13H,3,8H2,1-2H3;3-4H2,1-2H3,(H,7,8);/q;;;-1/b11-8+;;;/t16-;11-,13-;;/m01../s1. The van der Waals surface area contributed by atoms with Crippen LogP contribution in [0.4, 0.5) is 13.6 Å². The molecule has 0 aromatic heterocycles. The number of nitrogens with one attached hydrogen (secondary N) is 1. The molecule has 0 bridgehead atoms. The van der Waals surface area contributed by atoms with E-state index in [0.717, 1.165) is 15.4 Å². The van der Waals surface area contributed by atoms with E-state index >= 15 is 0 Å². The molecule has 3 aromatic carbocycles. The molecule has 3 aromatic rings. The first kappa shape index (κ1) is 49.1. The van der Waals surface area contributed by atoms with E-state index in [1.54, 1.807) is 26.0 Å². The molecule has 0 saturated carbocycles. The van der Waals surface area contributed by atoms with Crippen LogP contribution in [0.5, 0.6) is 0 Å². The molecular weight excluding hydrogens is 1090 g/mol. The van der Waals surface area contributed by atoms with Gasteiger partial charge in [0.25, 0.3) is 5.91 Å². The van der Waals surface area contributed by atoms with Crippen molar-refractivity contribution in [1.29, 1.82) is 0 Å². The number of benzene rings is 3. The van der Waals surface area contributed by atoms with Crippen LogP contribution in [0, 0.1) is 17.6 Å². The number of hydrogen-bond donors (Lipinski definition) is 1. The van der Waals surface area contributed by atoms with E-state index in [0.29, 0.717) is 31.0 Å². The monoisotopic (exact) mass is 1130 g/mol. The van der Waals surface area contributed by atoms with Crippen LogP contribution in [-0.4, -0.2) is 85.4 Å². The minimum Gasteiger partial charge on any atom is -0.446 e. The van der Waals surface area contributed by atoms with E-state index in [1.165, 1.54) is 62.6 Å². The summed E-state index contributed by atoms with van der Waals surface area (Å²) in [6, 6.07) is 20.0. The van der Waals surface area contributed by atoms with E-state index in [1.807, 2.05) is 30.3 Å². The Bertz CT molecular complexity index is 1850. The number of likely N-dealkylation sites (tertiary alicyclic amines) is 1. The smallest absolute Gasteiger partial charge is 0.417 e. The molecule has 2 aliphatic rings. The summed E-state index contributed by atoms with van der Waals surface area (Å²) in [6.07, 6.45) is 1.99. The van der Waals surface area contributed by atoms with E-state index < -0.39 is 53.5 Å². The van der Waals surface area contributed by atoms with Crippen molar-refractivity contribution in [3.8, 4) is 0 Å². The van der Waals surface area contributed by atoms with Crippen molar-refractivity contribution in [3.05, 3.63) is 113 Å². The van der Waals surface area contributed by atoms with Crippen LogP contribution in [0.2, 0.25) is 0 Å². The Balaban J connectivity index is 0.000000304. The van der Waals surface area contributed by atoms with Gasteiger partial charge in [-0.15, -0.1) is 0 Å². The number of ether oxygens (including phenoxy) is 3. The minimum absolute atomic E-state index is 0.0113. The van der Waals surface area contributed by atoms with Gasteiger partial charge in [-0.3, -0.25) is 33.7 Å². The number of nitrogens with zero attached hydrogens (tertiary/aromatic N) is 2. The number of esters is 2. The third-order valence-electron chi connectivity index (χ3n) is 8.08. The van der Waals surface area contributed by atoms with E-state index in [4.69, 9.17) is 9.47 Å². The van der Waals surface area contributed by atoms with Gasteiger partial charge in [-0.05, 0) is 60.9 Å². The molecule has 0 spiro atoms. The molecule has 18 heteroatoms. The molecule has 0 radical (unpaired) electrons. The van der Waals surface area contributed by atoms with Crippen LogP contribution in [0.3, 0.4) is 0 Å². The van der Waals surface area contributed by atoms with Gasteiger partial charge >= 0.3 is 68.5 Å². The van der Waals surface area contributed by atoms with Crippen molar-refractivity contribution in [1.82, 2.24) is 15.1 Å². The molecule has 0 aliphatic carbocycles. The maximum Gasteiger partial charge on any atom is 0.417 e. The fraction of sp³-hybridized carbons (Fsp3) is 0.308. The first-order chi connectivity index (χ1) is 27.2. The Labute approximate surface area is 358 Å². The fourth-order valence-corrected chi connectivity index (χ4v) is 5.30. The maximum absolute atomic E-state index is 13.0. The Morgan fingerprint density at radius 3 is 1.98 bits per heavy atom. The zero-order valence-electron chi connectivity index (χ0n) is 31.3. The van der Waals surface area contributed by atoms with Gasteiger partial charge in [0, 0.05) is 32.5 Å². The van der Waals surface area contributed by atoms with Crippen LogP contribution in [-0.2, 0) is 43.0 Å². The topological polar surface area (TPSA) is 166 Å². The molecule has 308 valence electrons. The predicted octanol–water partition coefficient (Wildman–Crippen LogP) is 3.50. The van der Waals surface area contributed by atoms with Crippen molar-refractivity contribution in [3.63, 3.8) is 0 Å². The van der Waals surface area contributed by atoms with Gasteiger partial charge in [-0.25, -0.2) is 18.5 Å². The Kier molecular flexibility index (Phi) is 22.4. The average molecular weight is 1130 g/mol. The zero-order valence-corrected chi connectivity index (χ0v) is 37.8. The molecule has 3 atom stereocenters. The summed E-state index contributed by atoms with van der Waals surface area (Å²) in [4.78, 5) is 83.4. The second kappa shape index (κ2) is 26.0. The number of imide groups is 2. The molecule has 5 amide bonds. The van der Waals surface area contributed by atoms with Crippen molar-refractivity contribution in [2.24, 2.45) is 5.92 Å². The molecule has 5 rings (SSSR count). The number of rotatable bonds is 9. The number of hydrogen-bond acceptors (Lipinski definition) is 10. The van der Waals surface area contributed by atoms with E-state index in [9.17, 15) is 42.3 Å². The van der Waals surface area contributed by atoms with Crippen LogP contribution in [0.25, 0.3) is 6.08 Å². The number of piperidine rings is 1. The SMILES string of the molecule is CCOC(=O)CC(=O)NC.CCOC(=O)[C@H]1C(=O)N(C)C(=O)C[C@@H]1c1ccc(F)cc1.I[I-]I.O=C(/C=C/c1ccc(F)cc1)N1C(=O)OC[C@H]1c1ccccc1. The number of cyclic esters (lactones) is 1. The minimum atomic E-state index is -1.07. The van der Waals surface area contributed by atoms with Crippen molar-refractivity contribution in [2.45, 2.75) is 38.6 Å². The van der Waals surface area contributed by atoms with Gasteiger partial charge in [0.2, 0.25) is 17.7 Å². The number of amides is 5. The molecule has 2 aliphatic heterocycles. The van der Waals surface area contributed by atoms with Gasteiger partial charge in [0.15, 0.2) is 0 Å². The van der Waals surface area contributed by atoms with Crippen LogP contribution < -0.4 is 18.6 Å². The van der Waals surface area contributed by atoms with Crippen LogP contribution in [0.15, 0.2) is 84.9 Å². The Hall–Kier alpha value is -4.06. The molecule has 13 nitrogen and oxygen atoms in total. The van der Waals surface area contributed by atoms with E-state index in [-0.39, 0.29) is 43.7 Å². The number of halogens is 5. The molecule has 2 heterocycles. The molecule has 0 unspecified atom stereocenters. The summed E-state index contributed by atoms with van der Waals surface area (Å²) >= 11 is 5.30. The normalized spacial score (nSPS) is 17.2. The second-order valence-corrected chi connectivity index (χ2v) is 27.9.